The summed E-state index contributed by atoms with van der Waals surface area (Å²) in [5.41, 5.74) is 0.442. The molecular formula is C9H8INO2. The van der Waals surface area contributed by atoms with Crippen molar-refractivity contribution in [1.29, 1.82) is 5.26 Å². The van der Waals surface area contributed by atoms with E-state index in [1.54, 1.807) is 6.07 Å². The number of halogens is 1. The summed E-state index contributed by atoms with van der Waals surface area (Å²) in [6.07, 6.45) is 0. The molecule has 1 aromatic rings. The highest BCUT2D eigenvalue weighted by atomic mass is 127. The summed E-state index contributed by atoms with van der Waals surface area (Å²) >= 11 is 2.11. The van der Waals surface area contributed by atoms with Crippen molar-refractivity contribution in [2.45, 2.75) is 0 Å². The minimum atomic E-state index is 0.442. The van der Waals surface area contributed by atoms with Crippen LogP contribution in [0.4, 0.5) is 0 Å². The minimum Gasteiger partial charge on any atom is -0.495 e. The van der Waals surface area contributed by atoms with Crippen LogP contribution in [0.15, 0.2) is 12.1 Å². The highest BCUT2D eigenvalue weighted by Crippen LogP contribution is 2.31. The van der Waals surface area contributed by atoms with E-state index in [9.17, 15) is 0 Å². The summed E-state index contributed by atoms with van der Waals surface area (Å²) in [7, 11) is 3.07. The summed E-state index contributed by atoms with van der Waals surface area (Å²) < 4.78 is 11.0. The van der Waals surface area contributed by atoms with Crippen LogP contribution in [0, 0.1) is 14.9 Å². The number of hydrogen-bond acceptors (Lipinski definition) is 3. The molecule has 0 atom stereocenters. The maximum atomic E-state index is 8.87. The van der Waals surface area contributed by atoms with Crippen LogP contribution in [-0.2, 0) is 0 Å². The van der Waals surface area contributed by atoms with Gasteiger partial charge in [-0.3, -0.25) is 0 Å². The molecule has 0 fully saturated rings. The van der Waals surface area contributed by atoms with Gasteiger partial charge in [0, 0.05) is 0 Å². The van der Waals surface area contributed by atoms with E-state index in [1.165, 1.54) is 14.2 Å². The van der Waals surface area contributed by atoms with Gasteiger partial charge in [-0.05, 0) is 34.7 Å². The second kappa shape index (κ2) is 4.33. The first-order valence-electron chi connectivity index (χ1n) is 3.55. The smallest absolute Gasteiger partial charge is 0.153 e. The van der Waals surface area contributed by atoms with Crippen molar-refractivity contribution < 1.29 is 9.47 Å². The van der Waals surface area contributed by atoms with E-state index in [-0.39, 0.29) is 0 Å². The molecule has 3 nitrogen and oxygen atoms in total. The van der Waals surface area contributed by atoms with E-state index in [0.717, 1.165) is 3.57 Å². The van der Waals surface area contributed by atoms with Gasteiger partial charge in [0.15, 0.2) is 5.75 Å². The highest BCUT2D eigenvalue weighted by Gasteiger charge is 2.12. The summed E-state index contributed by atoms with van der Waals surface area (Å²) in [6.45, 7) is 0. The largest absolute Gasteiger partial charge is 0.495 e. The van der Waals surface area contributed by atoms with E-state index >= 15 is 0 Å². The average Bonchev–Trinajstić information content (AvgIpc) is 2.17. The fraction of sp³-hybridized carbons (Fsp3) is 0.222. The van der Waals surface area contributed by atoms with Crippen molar-refractivity contribution in [2.24, 2.45) is 0 Å². The number of nitriles is 1. The molecule has 13 heavy (non-hydrogen) atoms. The molecule has 1 aromatic carbocycles. The molecule has 0 aromatic heterocycles. The van der Waals surface area contributed by atoms with Crippen molar-refractivity contribution >= 4 is 22.6 Å². The maximum absolute atomic E-state index is 8.87. The zero-order valence-electron chi connectivity index (χ0n) is 7.30. The third kappa shape index (κ3) is 1.86. The molecule has 0 spiro atoms. The normalized spacial score (nSPS) is 9.08. The van der Waals surface area contributed by atoms with Crippen LogP contribution >= 0.6 is 22.6 Å². The van der Waals surface area contributed by atoms with Gasteiger partial charge in [-0.2, -0.15) is 5.26 Å². The number of benzene rings is 1. The predicted molar refractivity (Wildman–Crippen MR) is 57.0 cm³/mol. The van der Waals surface area contributed by atoms with Crippen LogP contribution in [0.1, 0.15) is 5.56 Å². The Kier molecular flexibility index (Phi) is 3.37. The predicted octanol–water partition coefficient (Wildman–Crippen LogP) is 2.18. The summed E-state index contributed by atoms with van der Waals surface area (Å²) in [4.78, 5) is 0. The molecule has 0 saturated heterocycles. The topological polar surface area (TPSA) is 42.2 Å². The van der Waals surface area contributed by atoms with Crippen LogP contribution in [-0.4, -0.2) is 14.2 Å². The van der Waals surface area contributed by atoms with Gasteiger partial charge in [0.25, 0.3) is 0 Å². The highest BCUT2D eigenvalue weighted by molar-refractivity contribution is 14.1. The third-order valence-electron chi connectivity index (χ3n) is 1.61. The SMILES string of the molecule is COc1ccc(I)c(OC)c1C#N. The molecule has 0 aliphatic rings. The first kappa shape index (κ1) is 10.1. The van der Waals surface area contributed by atoms with Gasteiger partial charge in [0.1, 0.15) is 17.4 Å². The summed E-state index contributed by atoms with van der Waals surface area (Å²) in [5.74, 6) is 1.11. The van der Waals surface area contributed by atoms with Gasteiger partial charge in [-0.15, -0.1) is 0 Å². The molecule has 0 unspecified atom stereocenters. The molecule has 0 N–H and O–H groups in total. The van der Waals surface area contributed by atoms with Crippen molar-refractivity contribution in [3.05, 3.63) is 21.3 Å². The molecule has 0 aliphatic carbocycles. The van der Waals surface area contributed by atoms with Crippen molar-refractivity contribution in [3.8, 4) is 17.6 Å². The van der Waals surface area contributed by atoms with Crippen LogP contribution < -0.4 is 9.47 Å². The van der Waals surface area contributed by atoms with E-state index in [1.807, 2.05) is 6.07 Å². The minimum absolute atomic E-state index is 0.442. The molecular weight excluding hydrogens is 281 g/mol. The lowest BCUT2D eigenvalue weighted by atomic mass is 10.2. The van der Waals surface area contributed by atoms with Gasteiger partial charge in [-0.25, -0.2) is 0 Å². The summed E-state index contributed by atoms with van der Waals surface area (Å²) in [5, 5.41) is 8.87. The Morgan fingerprint density at radius 3 is 2.46 bits per heavy atom. The first-order valence-corrected chi connectivity index (χ1v) is 4.63. The van der Waals surface area contributed by atoms with Gasteiger partial charge in [-0.1, -0.05) is 0 Å². The molecule has 1 rings (SSSR count). The summed E-state index contributed by atoms with van der Waals surface area (Å²) in [6, 6.07) is 5.65. The lowest BCUT2D eigenvalue weighted by molar-refractivity contribution is 0.390. The molecule has 0 aliphatic heterocycles. The van der Waals surface area contributed by atoms with Crippen LogP contribution in [0.5, 0.6) is 11.5 Å². The quantitative estimate of drug-likeness (QED) is 0.784. The third-order valence-corrected chi connectivity index (χ3v) is 2.46. The number of ether oxygens (including phenoxy) is 2. The molecule has 0 bridgehead atoms. The molecule has 0 radical (unpaired) electrons. The van der Waals surface area contributed by atoms with E-state index in [0.29, 0.717) is 17.1 Å². The van der Waals surface area contributed by atoms with Gasteiger partial charge in [0.2, 0.25) is 0 Å². The number of hydrogen-bond donors (Lipinski definition) is 0. The van der Waals surface area contributed by atoms with Crippen molar-refractivity contribution in [1.82, 2.24) is 0 Å². The Morgan fingerprint density at radius 1 is 1.31 bits per heavy atom. The van der Waals surface area contributed by atoms with Gasteiger partial charge in [0.05, 0.1) is 17.8 Å². The number of methoxy groups -OCH3 is 2. The lowest BCUT2D eigenvalue weighted by Gasteiger charge is -2.08. The van der Waals surface area contributed by atoms with Crippen molar-refractivity contribution in [2.75, 3.05) is 14.2 Å². The second-order valence-corrected chi connectivity index (χ2v) is 3.43. The zero-order chi connectivity index (χ0) is 9.84. The molecule has 4 heteroatoms. The molecule has 0 heterocycles. The van der Waals surface area contributed by atoms with E-state index in [2.05, 4.69) is 28.7 Å². The number of rotatable bonds is 2. The van der Waals surface area contributed by atoms with Gasteiger partial charge < -0.3 is 9.47 Å². The Labute approximate surface area is 90.4 Å². The van der Waals surface area contributed by atoms with Crippen molar-refractivity contribution in [3.63, 3.8) is 0 Å². The zero-order valence-corrected chi connectivity index (χ0v) is 9.45. The van der Waals surface area contributed by atoms with Crippen LogP contribution in [0.2, 0.25) is 0 Å². The second-order valence-electron chi connectivity index (χ2n) is 2.27. The molecule has 0 amide bonds. The fourth-order valence-electron chi connectivity index (χ4n) is 1.01. The fourth-order valence-corrected chi connectivity index (χ4v) is 1.68. The maximum Gasteiger partial charge on any atom is 0.153 e. The van der Waals surface area contributed by atoms with Crippen LogP contribution in [0.3, 0.4) is 0 Å². The number of nitrogens with zero attached hydrogens (tertiary/aromatic N) is 1. The van der Waals surface area contributed by atoms with E-state index < -0.39 is 0 Å². The Bertz CT molecular complexity index is 357. The Balaban J connectivity index is 3.39. The Hall–Kier alpha value is -0.960. The van der Waals surface area contributed by atoms with E-state index in [4.69, 9.17) is 14.7 Å². The average molecular weight is 289 g/mol. The van der Waals surface area contributed by atoms with Crippen LogP contribution in [0.25, 0.3) is 0 Å². The molecule has 0 saturated carbocycles. The monoisotopic (exact) mass is 289 g/mol. The van der Waals surface area contributed by atoms with Gasteiger partial charge >= 0.3 is 0 Å². The standard InChI is InChI=1S/C9H8INO2/c1-12-8-4-3-7(10)9(13-2)6(8)5-11/h3-4H,1-2H3. The first-order chi connectivity index (χ1) is 6.24. The molecule has 68 valence electrons. The Morgan fingerprint density at radius 2 is 2.00 bits per heavy atom. The lowest BCUT2D eigenvalue weighted by Crippen LogP contribution is -1.95.